The molecule has 5 rings (SSSR count). The molecule has 1 aromatic carbocycles. The molecule has 2 amide bonds. The van der Waals surface area contributed by atoms with E-state index < -0.39 is 0 Å². The van der Waals surface area contributed by atoms with E-state index in [9.17, 15) is 9.59 Å². The fraction of sp³-hybridized carbons (Fsp3) is 0.267. The average Bonchev–Trinajstić information content (AvgIpc) is 3.63. The first-order chi connectivity index (χ1) is 18.9. The molecule has 9 heteroatoms. The smallest absolute Gasteiger partial charge is 0.257 e. The summed E-state index contributed by atoms with van der Waals surface area (Å²) in [4.78, 5) is 40.8. The zero-order valence-corrected chi connectivity index (χ0v) is 23.4. The highest BCUT2D eigenvalue weighted by Gasteiger charge is 2.27. The van der Waals surface area contributed by atoms with E-state index in [0.29, 0.717) is 29.1 Å². The molecule has 4 aromatic rings. The highest BCUT2D eigenvalue weighted by molar-refractivity contribution is 7.13. The number of hydrogen-bond donors (Lipinski definition) is 3. The van der Waals surface area contributed by atoms with Gasteiger partial charge in [-0.2, -0.15) is 0 Å². The third-order valence-electron chi connectivity index (χ3n) is 7.08. The number of nitrogens with one attached hydrogen (secondary N) is 3. The summed E-state index contributed by atoms with van der Waals surface area (Å²) in [6, 6.07) is 12.0. The number of amides is 2. The molecule has 4 heterocycles. The second-order valence-electron chi connectivity index (χ2n) is 9.48. The Balaban J connectivity index is 1.41. The molecule has 0 aliphatic carbocycles. The number of aryl methyl sites for hydroxylation is 1. The number of aromatic amines is 1. The molecule has 0 bridgehead atoms. The van der Waals surface area contributed by atoms with Crippen LogP contribution in [0, 0.1) is 13.8 Å². The van der Waals surface area contributed by atoms with Crippen molar-refractivity contribution in [2.24, 2.45) is 0 Å². The number of H-pyrrole nitrogens is 1. The number of carbonyl (C=O) groups is 2. The maximum Gasteiger partial charge on any atom is 0.257 e. The summed E-state index contributed by atoms with van der Waals surface area (Å²) < 4.78 is 0. The standard InChI is InChI=1S/C30H32N6O2S/c1-5-36(6-2)13-12-31-29(38)26-18(3)24(33-19(26)4)15-23-22-14-21(16-32-27(22)35-28(23)37)25-17-39-30(34-25)20-10-8-7-9-11-20/h7-11,14-17,33H,5-6,12-13H2,1-4H3,(H,31,38)(H,32,35,37)/b23-15-. The summed E-state index contributed by atoms with van der Waals surface area (Å²) in [7, 11) is 0. The Hall–Kier alpha value is -4.08. The molecule has 0 saturated heterocycles. The number of benzene rings is 1. The number of rotatable bonds is 9. The van der Waals surface area contributed by atoms with Gasteiger partial charge in [0.05, 0.1) is 16.8 Å². The number of hydrogen-bond acceptors (Lipinski definition) is 6. The van der Waals surface area contributed by atoms with Gasteiger partial charge in [-0.05, 0) is 44.6 Å². The van der Waals surface area contributed by atoms with E-state index in [4.69, 9.17) is 4.98 Å². The highest BCUT2D eigenvalue weighted by atomic mass is 32.1. The third-order valence-corrected chi connectivity index (χ3v) is 7.97. The molecule has 0 atom stereocenters. The highest BCUT2D eigenvalue weighted by Crippen LogP contribution is 2.36. The second-order valence-corrected chi connectivity index (χ2v) is 10.3. The SMILES string of the molecule is CCN(CC)CCNC(=O)c1c(C)[nH]c(/C=C2\C(=O)Nc3ncc(-c4csc(-c5ccccc5)n4)cc32)c1C. The Kier molecular flexibility index (Phi) is 7.72. The van der Waals surface area contributed by atoms with E-state index in [0.717, 1.165) is 58.4 Å². The normalized spacial score (nSPS) is 13.7. The van der Waals surface area contributed by atoms with Crippen molar-refractivity contribution in [1.29, 1.82) is 0 Å². The first-order valence-corrected chi connectivity index (χ1v) is 14.0. The topological polar surface area (TPSA) is 103 Å². The molecule has 0 spiro atoms. The third kappa shape index (κ3) is 5.41. The Morgan fingerprint density at radius 1 is 1.13 bits per heavy atom. The molecule has 0 saturated carbocycles. The van der Waals surface area contributed by atoms with Crippen LogP contribution in [0.2, 0.25) is 0 Å². The summed E-state index contributed by atoms with van der Waals surface area (Å²) in [5.74, 6) is 0.176. The van der Waals surface area contributed by atoms with E-state index in [1.165, 1.54) is 0 Å². The molecule has 0 radical (unpaired) electrons. The molecule has 39 heavy (non-hydrogen) atoms. The molecular formula is C30H32N6O2S. The monoisotopic (exact) mass is 540 g/mol. The van der Waals surface area contributed by atoms with Crippen molar-refractivity contribution in [1.82, 2.24) is 25.2 Å². The number of carbonyl (C=O) groups excluding carboxylic acids is 2. The van der Waals surface area contributed by atoms with Gasteiger partial charge in [0.1, 0.15) is 10.8 Å². The summed E-state index contributed by atoms with van der Waals surface area (Å²) >= 11 is 1.57. The number of fused-ring (bicyclic) bond motifs is 1. The van der Waals surface area contributed by atoms with E-state index in [1.807, 2.05) is 55.6 Å². The van der Waals surface area contributed by atoms with Crippen molar-refractivity contribution in [3.8, 4) is 21.8 Å². The van der Waals surface area contributed by atoms with Crippen LogP contribution in [0.25, 0.3) is 33.5 Å². The van der Waals surface area contributed by atoms with Gasteiger partial charge < -0.3 is 20.5 Å². The van der Waals surface area contributed by atoms with Crippen LogP contribution in [0.3, 0.4) is 0 Å². The van der Waals surface area contributed by atoms with Crippen molar-refractivity contribution in [3.05, 3.63) is 76.1 Å². The van der Waals surface area contributed by atoms with Crippen LogP contribution >= 0.6 is 11.3 Å². The van der Waals surface area contributed by atoms with E-state index in [2.05, 4.69) is 39.3 Å². The lowest BCUT2D eigenvalue weighted by Gasteiger charge is -2.18. The van der Waals surface area contributed by atoms with E-state index in [-0.39, 0.29) is 11.8 Å². The summed E-state index contributed by atoms with van der Waals surface area (Å²) in [5, 5.41) is 8.82. The lowest BCUT2D eigenvalue weighted by atomic mass is 10.0. The Labute approximate surface area is 232 Å². The molecule has 3 aromatic heterocycles. The average molecular weight is 541 g/mol. The number of aromatic nitrogens is 3. The predicted octanol–water partition coefficient (Wildman–Crippen LogP) is 5.38. The molecule has 0 unspecified atom stereocenters. The largest absolute Gasteiger partial charge is 0.358 e. The van der Waals surface area contributed by atoms with Crippen LogP contribution in [0.15, 0.2) is 48.0 Å². The van der Waals surface area contributed by atoms with Crippen molar-refractivity contribution >= 4 is 40.6 Å². The van der Waals surface area contributed by atoms with Gasteiger partial charge in [-0.25, -0.2) is 9.97 Å². The van der Waals surface area contributed by atoms with E-state index >= 15 is 0 Å². The van der Waals surface area contributed by atoms with Crippen LogP contribution in [0.5, 0.6) is 0 Å². The Morgan fingerprint density at radius 2 is 1.90 bits per heavy atom. The van der Waals surface area contributed by atoms with Crippen molar-refractivity contribution in [3.63, 3.8) is 0 Å². The lowest BCUT2D eigenvalue weighted by Crippen LogP contribution is -2.35. The molecule has 200 valence electrons. The van der Waals surface area contributed by atoms with Gasteiger partial charge in [-0.15, -0.1) is 11.3 Å². The van der Waals surface area contributed by atoms with Gasteiger partial charge in [0.15, 0.2) is 0 Å². The summed E-state index contributed by atoms with van der Waals surface area (Å²) in [5.41, 5.74) is 6.82. The van der Waals surface area contributed by atoms with Crippen LogP contribution in [0.1, 0.15) is 46.7 Å². The first-order valence-electron chi connectivity index (χ1n) is 13.1. The van der Waals surface area contributed by atoms with Crippen LogP contribution in [0.4, 0.5) is 5.82 Å². The number of likely N-dealkylation sites (N-methyl/N-ethyl adjacent to an activating group) is 1. The number of pyridine rings is 1. The Bertz CT molecular complexity index is 1550. The van der Waals surface area contributed by atoms with Gasteiger partial charge >= 0.3 is 0 Å². The van der Waals surface area contributed by atoms with Gasteiger partial charge in [0.2, 0.25) is 0 Å². The first kappa shape index (κ1) is 26.5. The second kappa shape index (κ2) is 11.3. The molecule has 1 aliphatic rings. The van der Waals surface area contributed by atoms with Gasteiger partial charge in [0, 0.05) is 52.7 Å². The van der Waals surface area contributed by atoms with Gasteiger partial charge in [0.25, 0.3) is 11.8 Å². The molecular weight excluding hydrogens is 508 g/mol. The maximum atomic E-state index is 13.0. The van der Waals surface area contributed by atoms with Crippen molar-refractivity contribution < 1.29 is 9.59 Å². The Morgan fingerprint density at radius 3 is 2.64 bits per heavy atom. The predicted molar refractivity (Wildman–Crippen MR) is 158 cm³/mol. The van der Waals surface area contributed by atoms with E-state index in [1.54, 1.807) is 23.6 Å². The van der Waals surface area contributed by atoms with Crippen molar-refractivity contribution in [2.75, 3.05) is 31.5 Å². The van der Waals surface area contributed by atoms with Crippen LogP contribution in [-0.2, 0) is 4.79 Å². The molecule has 3 N–H and O–H groups in total. The molecule has 1 aliphatic heterocycles. The van der Waals surface area contributed by atoms with Crippen LogP contribution in [-0.4, -0.2) is 57.8 Å². The number of anilines is 1. The number of nitrogens with zero attached hydrogens (tertiary/aromatic N) is 3. The molecule has 0 fully saturated rings. The fourth-order valence-electron chi connectivity index (χ4n) is 4.83. The zero-order valence-electron chi connectivity index (χ0n) is 22.6. The van der Waals surface area contributed by atoms with Crippen molar-refractivity contribution in [2.45, 2.75) is 27.7 Å². The fourth-order valence-corrected chi connectivity index (χ4v) is 5.66. The summed E-state index contributed by atoms with van der Waals surface area (Å²) in [6.45, 7) is 11.3. The minimum atomic E-state index is -0.227. The van der Waals surface area contributed by atoms with Crippen LogP contribution < -0.4 is 10.6 Å². The minimum Gasteiger partial charge on any atom is -0.358 e. The quantitative estimate of drug-likeness (QED) is 0.247. The number of thiazole rings is 1. The van der Waals surface area contributed by atoms with Gasteiger partial charge in [-0.1, -0.05) is 44.2 Å². The minimum absolute atomic E-state index is 0.115. The van der Waals surface area contributed by atoms with Gasteiger partial charge in [-0.3, -0.25) is 9.59 Å². The maximum absolute atomic E-state index is 13.0. The summed E-state index contributed by atoms with van der Waals surface area (Å²) in [6.07, 6.45) is 3.54. The lowest BCUT2D eigenvalue weighted by molar-refractivity contribution is -0.110. The molecule has 8 nitrogen and oxygen atoms in total. The zero-order chi connectivity index (χ0) is 27.5.